The molecule has 7 nitrogen and oxygen atoms in total. The summed E-state index contributed by atoms with van der Waals surface area (Å²) in [6.45, 7) is 5.69. The summed E-state index contributed by atoms with van der Waals surface area (Å²) in [5.74, 6) is 2.09. The normalized spacial score (nSPS) is 10.5. The van der Waals surface area contributed by atoms with Gasteiger partial charge in [0.05, 0.1) is 23.6 Å². The van der Waals surface area contributed by atoms with E-state index >= 15 is 0 Å². The molecule has 0 bridgehead atoms. The van der Waals surface area contributed by atoms with Crippen LogP contribution in [0.5, 0.6) is 0 Å². The fourth-order valence-corrected chi connectivity index (χ4v) is 2.71. The number of halogens is 1. The molecule has 30 heavy (non-hydrogen) atoms. The predicted octanol–water partition coefficient (Wildman–Crippen LogP) is 4.06. The molecule has 0 saturated heterocycles. The van der Waals surface area contributed by atoms with Gasteiger partial charge in [-0.1, -0.05) is 19.8 Å². The van der Waals surface area contributed by atoms with Crippen molar-refractivity contribution in [3.8, 4) is 12.3 Å². The van der Waals surface area contributed by atoms with Crippen LogP contribution in [0.15, 0.2) is 42.7 Å². The molecular weight excluding hydrogens is 383 g/mol. The number of carbonyl (C=O) groups excluding carboxylic acids is 1. The van der Waals surface area contributed by atoms with Crippen molar-refractivity contribution in [1.82, 2.24) is 19.9 Å². The van der Waals surface area contributed by atoms with Crippen molar-refractivity contribution in [2.75, 3.05) is 10.2 Å². The van der Waals surface area contributed by atoms with Crippen LogP contribution < -0.4 is 10.2 Å². The van der Waals surface area contributed by atoms with Crippen molar-refractivity contribution in [3.05, 3.63) is 71.3 Å². The van der Waals surface area contributed by atoms with Gasteiger partial charge >= 0.3 is 6.03 Å². The fraction of sp³-hybridized carbons (Fsp3) is 0.227. The highest BCUT2D eigenvalue weighted by atomic mass is 19.1. The highest BCUT2D eigenvalue weighted by Crippen LogP contribution is 2.19. The molecule has 0 unspecified atom stereocenters. The number of rotatable bonds is 5. The summed E-state index contributed by atoms with van der Waals surface area (Å²) in [7, 11) is 0. The second kappa shape index (κ2) is 9.09. The summed E-state index contributed by atoms with van der Waals surface area (Å²) in [5, 5.41) is 2.80. The van der Waals surface area contributed by atoms with Gasteiger partial charge in [-0.3, -0.25) is 9.88 Å². The van der Waals surface area contributed by atoms with Gasteiger partial charge in [-0.2, -0.15) is 0 Å². The van der Waals surface area contributed by atoms with Crippen LogP contribution in [0.4, 0.5) is 20.8 Å². The minimum absolute atomic E-state index is 0.0703. The molecular formula is C22H21FN6O. The number of aryl methyl sites for hydroxylation is 1. The van der Waals surface area contributed by atoms with E-state index < -0.39 is 11.8 Å². The van der Waals surface area contributed by atoms with Crippen LogP contribution in [-0.2, 0) is 6.54 Å². The molecule has 0 radical (unpaired) electrons. The van der Waals surface area contributed by atoms with E-state index in [-0.39, 0.29) is 29.8 Å². The number of aromatic nitrogens is 4. The van der Waals surface area contributed by atoms with E-state index in [0.29, 0.717) is 11.4 Å². The summed E-state index contributed by atoms with van der Waals surface area (Å²) in [6, 6.07) is 7.12. The third kappa shape index (κ3) is 4.94. The van der Waals surface area contributed by atoms with Crippen LogP contribution in [0.2, 0.25) is 0 Å². The summed E-state index contributed by atoms with van der Waals surface area (Å²) < 4.78 is 13.9. The number of carbonyl (C=O) groups is 1. The van der Waals surface area contributed by atoms with Crippen molar-refractivity contribution < 1.29 is 9.18 Å². The Labute approximate surface area is 174 Å². The second-order valence-electron chi connectivity index (χ2n) is 6.90. The third-order valence-corrected chi connectivity index (χ3v) is 4.30. The zero-order chi connectivity index (χ0) is 21.7. The van der Waals surface area contributed by atoms with Crippen LogP contribution in [0.25, 0.3) is 0 Å². The Morgan fingerprint density at radius 2 is 2.03 bits per heavy atom. The Bertz CT molecular complexity index is 1110. The number of nitrogens with zero attached hydrogens (tertiary/aromatic N) is 5. The molecule has 0 fully saturated rings. The molecule has 0 aliphatic carbocycles. The van der Waals surface area contributed by atoms with Gasteiger partial charge in [0.2, 0.25) is 5.95 Å². The fourth-order valence-electron chi connectivity index (χ4n) is 2.71. The number of pyridine rings is 2. The lowest BCUT2D eigenvalue weighted by Gasteiger charge is -2.22. The van der Waals surface area contributed by atoms with Gasteiger partial charge in [-0.15, -0.1) is 6.42 Å². The Kier molecular flexibility index (Phi) is 6.32. The maximum atomic E-state index is 13.9. The number of urea groups is 1. The van der Waals surface area contributed by atoms with Gasteiger partial charge in [-0.05, 0) is 37.1 Å². The van der Waals surface area contributed by atoms with E-state index in [0.717, 1.165) is 11.8 Å². The molecule has 3 heterocycles. The number of nitrogens with one attached hydrogen (secondary N) is 1. The second-order valence-corrected chi connectivity index (χ2v) is 6.90. The van der Waals surface area contributed by atoms with Crippen LogP contribution in [-0.4, -0.2) is 26.0 Å². The van der Waals surface area contributed by atoms with Gasteiger partial charge in [0, 0.05) is 24.2 Å². The molecule has 152 valence electrons. The monoisotopic (exact) mass is 404 g/mol. The van der Waals surface area contributed by atoms with Crippen LogP contribution >= 0.6 is 0 Å². The lowest BCUT2D eigenvalue weighted by molar-refractivity contribution is 0.256. The topological polar surface area (TPSA) is 83.9 Å². The van der Waals surface area contributed by atoms with Crippen molar-refractivity contribution in [2.45, 2.75) is 33.2 Å². The third-order valence-electron chi connectivity index (χ3n) is 4.30. The van der Waals surface area contributed by atoms with E-state index in [1.165, 1.54) is 11.0 Å². The number of terminal acetylenes is 1. The van der Waals surface area contributed by atoms with Crippen molar-refractivity contribution >= 4 is 17.7 Å². The standard InChI is InChI=1S/C22H21FN6O/c1-5-17-11-16(23)12-18(26-17)13-29(21-25-10-8-19(27-21)14(2)3)22(30)28-20-7-6-9-24-15(20)4/h1,6-12,14H,13H2,2-4H3,(H,28,30). The summed E-state index contributed by atoms with van der Waals surface area (Å²) in [4.78, 5) is 31.6. The van der Waals surface area contributed by atoms with Gasteiger partial charge in [0.1, 0.15) is 11.5 Å². The van der Waals surface area contributed by atoms with Gasteiger partial charge in [-0.25, -0.2) is 24.1 Å². The number of anilines is 2. The van der Waals surface area contributed by atoms with E-state index in [1.54, 1.807) is 37.5 Å². The first kappa shape index (κ1) is 20.9. The first-order chi connectivity index (χ1) is 14.4. The number of amides is 2. The van der Waals surface area contributed by atoms with Crippen molar-refractivity contribution in [2.24, 2.45) is 0 Å². The molecule has 2 amide bonds. The minimum Gasteiger partial charge on any atom is -0.306 e. The molecule has 1 N–H and O–H groups in total. The van der Waals surface area contributed by atoms with E-state index in [2.05, 4.69) is 31.2 Å². The van der Waals surface area contributed by atoms with E-state index in [4.69, 9.17) is 6.42 Å². The van der Waals surface area contributed by atoms with Crippen LogP contribution in [0.3, 0.4) is 0 Å². The van der Waals surface area contributed by atoms with Crippen LogP contribution in [0.1, 0.15) is 42.5 Å². The number of hydrogen-bond donors (Lipinski definition) is 1. The van der Waals surface area contributed by atoms with Crippen LogP contribution in [0, 0.1) is 25.1 Å². The minimum atomic E-state index is -0.534. The average molecular weight is 404 g/mol. The zero-order valence-corrected chi connectivity index (χ0v) is 16.9. The van der Waals surface area contributed by atoms with Gasteiger partial charge in [0.15, 0.2) is 0 Å². The smallest absolute Gasteiger partial charge is 0.306 e. The Balaban J connectivity index is 1.99. The lowest BCUT2D eigenvalue weighted by atomic mass is 10.1. The molecule has 3 aromatic heterocycles. The Morgan fingerprint density at radius 3 is 2.73 bits per heavy atom. The Hall–Kier alpha value is -3.86. The molecule has 0 aliphatic rings. The molecule has 0 spiro atoms. The zero-order valence-electron chi connectivity index (χ0n) is 16.9. The van der Waals surface area contributed by atoms with E-state index in [1.807, 2.05) is 13.8 Å². The molecule has 0 saturated carbocycles. The highest BCUT2D eigenvalue weighted by molar-refractivity contribution is 6.00. The highest BCUT2D eigenvalue weighted by Gasteiger charge is 2.22. The summed E-state index contributed by atoms with van der Waals surface area (Å²) >= 11 is 0. The number of hydrogen-bond acceptors (Lipinski definition) is 5. The first-order valence-electron chi connectivity index (χ1n) is 9.33. The molecule has 0 aromatic carbocycles. The average Bonchev–Trinajstić information content (AvgIpc) is 2.73. The van der Waals surface area contributed by atoms with Gasteiger partial charge < -0.3 is 5.32 Å². The van der Waals surface area contributed by atoms with Crippen molar-refractivity contribution in [1.29, 1.82) is 0 Å². The molecule has 8 heteroatoms. The molecule has 3 rings (SSSR count). The SMILES string of the molecule is C#Cc1cc(F)cc(CN(C(=O)Nc2cccnc2C)c2nccc(C(C)C)n2)n1. The first-order valence-corrected chi connectivity index (χ1v) is 9.33. The summed E-state index contributed by atoms with van der Waals surface area (Å²) in [6.07, 6.45) is 8.57. The lowest BCUT2D eigenvalue weighted by Crippen LogP contribution is -2.36. The largest absolute Gasteiger partial charge is 0.329 e. The van der Waals surface area contributed by atoms with Gasteiger partial charge in [0.25, 0.3) is 0 Å². The predicted molar refractivity (Wildman–Crippen MR) is 112 cm³/mol. The molecule has 0 atom stereocenters. The van der Waals surface area contributed by atoms with E-state index in [9.17, 15) is 9.18 Å². The molecule has 3 aromatic rings. The molecule has 0 aliphatic heterocycles. The Morgan fingerprint density at radius 1 is 1.23 bits per heavy atom. The quantitative estimate of drug-likeness (QED) is 0.649. The van der Waals surface area contributed by atoms with Crippen molar-refractivity contribution in [3.63, 3.8) is 0 Å². The maximum Gasteiger partial charge on any atom is 0.329 e. The summed E-state index contributed by atoms with van der Waals surface area (Å²) in [5.41, 5.74) is 2.39. The maximum absolute atomic E-state index is 13.9.